The Morgan fingerprint density at radius 3 is 2.72 bits per heavy atom. The Morgan fingerprint density at radius 2 is 1.94 bits per heavy atom. The molecule has 0 spiro atoms. The van der Waals surface area contributed by atoms with Gasteiger partial charge in [-0.15, -0.1) is 0 Å². The van der Waals surface area contributed by atoms with Gasteiger partial charge in [0, 0.05) is 45.5 Å². The fourth-order valence-corrected chi connectivity index (χ4v) is 4.53. The highest BCUT2D eigenvalue weighted by Crippen LogP contribution is 2.29. The molecule has 0 radical (unpaired) electrons. The first-order valence-electron chi connectivity index (χ1n) is 11.9. The van der Waals surface area contributed by atoms with Crippen molar-refractivity contribution in [2.45, 2.75) is 44.6 Å². The summed E-state index contributed by atoms with van der Waals surface area (Å²) in [4.78, 5) is 14.1. The molecular formula is C25H36N4O3. The van der Waals surface area contributed by atoms with Crippen LogP contribution in [0.5, 0.6) is 11.5 Å². The van der Waals surface area contributed by atoms with Crippen LogP contribution in [-0.4, -0.2) is 74.5 Å². The lowest BCUT2D eigenvalue weighted by Gasteiger charge is -2.32. The molecule has 3 heterocycles. The molecule has 0 atom stereocenters. The third-order valence-corrected chi connectivity index (χ3v) is 6.46. The molecule has 2 aromatic rings. The van der Waals surface area contributed by atoms with E-state index in [0.29, 0.717) is 19.1 Å². The van der Waals surface area contributed by atoms with Crippen molar-refractivity contribution in [3.63, 3.8) is 0 Å². The van der Waals surface area contributed by atoms with Crippen LogP contribution in [0.3, 0.4) is 0 Å². The molecule has 4 rings (SSSR count). The van der Waals surface area contributed by atoms with Gasteiger partial charge in [-0.1, -0.05) is 6.07 Å². The van der Waals surface area contributed by atoms with Gasteiger partial charge in [0.25, 0.3) is 0 Å². The maximum atomic E-state index is 6.09. The number of likely N-dealkylation sites (tertiary alicyclic amines) is 1. The Hall–Kier alpha value is -2.38. The number of anilines is 1. The summed E-state index contributed by atoms with van der Waals surface area (Å²) in [5, 5.41) is 0. The number of benzene rings is 1. The highest BCUT2D eigenvalue weighted by molar-refractivity contribution is 5.44. The number of rotatable bonds is 10. The lowest BCUT2D eigenvalue weighted by molar-refractivity contribution is 0.0853. The largest absolute Gasteiger partial charge is 0.493 e. The van der Waals surface area contributed by atoms with Crippen LogP contribution >= 0.6 is 0 Å². The SMILES string of the molecule is COc1ccc(Cc2nccc(N(C)C3CCOCC3)n2)cc1OCCCN1CCCC1. The Morgan fingerprint density at radius 1 is 1.12 bits per heavy atom. The molecule has 0 saturated carbocycles. The first-order valence-corrected chi connectivity index (χ1v) is 11.9. The highest BCUT2D eigenvalue weighted by atomic mass is 16.5. The first-order chi connectivity index (χ1) is 15.7. The van der Waals surface area contributed by atoms with Crippen molar-refractivity contribution in [3.05, 3.63) is 41.9 Å². The van der Waals surface area contributed by atoms with Gasteiger partial charge in [-0.05, 0) is 69.0 Å². The van der Waals surface area contributed by atoms with Crippen molar-refractivity contribution in [1.29, 1.82) is 0 Å². The fourth-order valence-electron chi connectivity index (χ4n) is 4.53. The molecule has 0 amide bonds. The Balaban J connectivity index is 1.37. The van der Waals surface area contributed by atoms with Crippen LogP contribution in [-0.2, 0) is 11.2 Å². The molecule has 2 fully saturated rings. The molecular weight excluding hydrogens is 404 g/mol. The van der Waals surface area contributed by atoms with Gasteiger partial charge in [0.15, 0.2) is 11.5 Å². The van der Waals surface area contributed by atoms with Crippen molar-refractivity contribution in [2.24, 2.45) is 0 Å². The van der Waals surface area contributed by atoms with Crippen molar-refractivity contribution < 1.29 is 14.2 Å². The lowest BCUT2D eigenvalue weighted by Crippen LogP contribution is -2.37. The summed E-state index contributed by atoms with van der Waals surface area (Å²) in [6.45, 7) is 5.88. The first kappa shape index (κ1) is 22.8. The summed E-state index contributed by atoms with van der Waals surface area (Å²) in [6, 6.07) is 8.56. The predicted molar refractivity (Wildman–Crippen MR) is 126 cm³/mol. The number of aromatic nitrogens is 2. The van der Waals surface area contributed by atoms with Gasteiger partial charge in [0.2, 0.25) is 0 Å². The molecule has 0 bridgehead atoms. The second-order valence-electron chi connectivity index (χ2n) is 8.70. The van der Waals surface area contributed by atoms with Gasteiger partial charge >= 0.3 is 0 Å². The number of ether oxygens (including phenoxy) is 3. The van der Waals surface area contributed by atoms with E-state index >= 15 is 0 Å². The summed E-state index contributed by atoms with van der Waals surface area (Å²) in [7, 11) is 3.80. The van der Waals surface area contributed by atoms with E-state index in [1.165, 1.54) is 25.9 Å². The van der Waals surface area contributed by atoms with Crippen LogP contribution in [0.4, 0.5) is 5.82 Å². The van der Waals surface area contributed by atoms with Gasteiger partial charge in [0.1, 0.15) is 11.6 Å². The zero-order valence-electron chi connectivity index (χ0n) is 19.5. The topological polar surface area (TPSA) is 60.0 Å². The van der Waals surface area contributed by atoms with Gasteiger partial charge in [-0.25, -0.2) is 9.97 Å². The smallest absolute Gasteiger partial charge is 0.161 e. The Labute approximate surface area is 191 Å². The van der Waals surface area contributed by atoms with E-state index in [4.69, 9.17) is 19.2 Å². The van der Waals surface area contributed by atoms with Crippen LogP contribution in [0.15, 0.2) is 30.5 Å². The number of nitrogens with zero attached hydrogens (tertiary/aromatic N) is 4. The van der Waals surface area contributed by atoms with E-state index in [0.717, 1.165) is 67.7 Å². The Kier molecular flexibility index (Phi) is 8.18. The second kappa shape index (κ2) is 11.5. The molecule has 174 valence electrons. The Bertz CT molecular complexity index is 851. The molecule has 1 aromatic carbocycles. The summed E-state index contributed by atoms with van der Waals surface area (Å²) >= 11 is 0. The average molecular weight is 441 g/mol. The molecule has 2 aliphatic rings. The van der Waals surface area contributed by atoms with E-state index in [1.54, 1.807) is 7.11 Å². The minimum absolute atomic E-state index is 0.466. The van der Waals surface area contributed by atoms with E-state index < -0.39 is 0 Å². The molecule has 2 aliphatic heterocycles. The van der Waals surface area contributed by atoms with Crippen molar-refractivity contribution in [1.82, 2.24) is 14.9 Å². The molecule has 0 N–H and O–H groups in total. The van der Waals surface area contributed by atoms with E-state index in [1.807, 2.05) is 18.3 Å². The number of hydrogen-bond acceptors (Lipinski definition) is 7. The summed E-state index contributed by atoms with van der Waals surface area (Å²) in [6.07, 6.45) is 8.25. The van der Waals surface area contributed by atoms with Gasteiger partial charge in [0.05, 0.1) is 13.7 Å². The molecule has 7 heteroatoms. The highest BCUT2D eigenvalue weighted by Gasteiger charge is 2.20. The maximum Gasteiger partial charge on any atom is 0.161 e. The second-order valence-corrected chi connectivity index (χ2v) is 8.70. The summed E-state index contributed by atoms with van der Waals surface area (Å²) in [5.74, 6) is 3.34. The predicted octanol–water partition coefficient (Wildman–Crippen LogP) is 3.56. The average Bonchev–Trinajstić information content (AvgIpc) is 3.36. The standard InChI is InChI=1S/C25H36N4O3/c1-28(21-9-16-31-17-10-21)25-8-11-26-24(27-25)19-20-6-7-22(30-2)23(18-20)32-15-5-14-29-12-3-4-13-29/h6-8,11,18,21H,3-5,9-10,12-17,19H2,1-2H3. The van der Waals surface area contributed by atoms with Crippen molar-refractivity contribution in [3.8, 4) is 11.5 Å². The molecule has 32 heavy (non-hydrogen) atoms. The van der Waals surface area contributed by atoms with Crippen molar-refractivity contribution in [2.75, 3.05) is 58.5 Å². The number of methoxy groups -OCH3 is 1. The molecule has 0 unspecified atom stereocenters. The zero-order valence-corrected chi connectivity index (χ0v) is 19.5. The van der Waals surface area contributed by atoms with Crippen LogP contribution in [0.1, 0.15) is 43.5 Å². The summed E-state index contributed by atoms with van der Waals surface area (Å²) < 4.78 is 17.1. The summed E-state index contributed by atoms with van der Waals surface area (Å²) in [5.41, 5.74) is 1.12. The molecule has 2 saturated heterocycles. The minimum Gasteiger partial charge on any atom is -0.493 e. The fraction of sp³-hybridized carbons (Fsp3) is 0.600. The van der Waals surface area contributed by atoms with Crippen LogP contribution in [0.25, 0.3) is 0 Å². The van der Waals surface area contributed by atoms with Gasteiger partial charge < -0.3 is 24.0 Å². The van der Waals surface area contributed by atoms with Crippen molar-refractivity contribution >= 4 is 5.82 Å². The normalized spacial score (nSPS) is 17.4. The quantitative estimate of drug-likeness (QED) is 0.524. The van der Waals surface area contributed by atoms with Crippen LogP contribution in [0, 0.1) is 0 Å². The zero-order chi connectivity index (χ0) is 22.2. The minimum atomic E-state index is 0.466. The van der Waals surface area contributed by atoms with E-state index in [2.05, 4.69) is 34.0 Å². The lowest BCUT2D eigenvalue weighted by atomic mass is 10.1. The molecule has 0 aliphatic carbocycles. The third-order valence-electron chi connectivity index (χ3n) is 6.46. The van der Waals surface area contributed by atoms with Gasteiger partial charge in [-0.3, -0.25) is 0 Å². The number of hydrogen-bond donors (Lipinski definition) is 0. The molecule has 7 nitrogen and oxygen atoms in total. The maximum absolute atomic E-state index is 6.09. The monoisotopic (exact) mass is 440 g/mol. The van der Waals surface area contributed by atoms with E-state index in [-0.39, 0.29) is 0 Å². The van der Waals surface area contributed by atoms with Gasteiger partial charge in [-0.2, -0.15) is 0 Å². The van der Waals surface area contributed by atoms with Crippen LogP contribution < -0.4 is 14.4 Å². The molecule has 1 aromatic heterocycles. The van der Waals surface area contributed by atoms with Crippen LogP contribution in [0.2, 0.25) is 0 Å². The van der Waals surface area contributed by atoms with E-state index in [9.17, 15) is 0 Å². The third kappa shape index (κ3) is 6.11.